The number of rotatable bonds is 5. The van der Waals surface area contributed by atoms with Gasteiger partial charge in [0.15, 0.2) is 0 Å². The Morgan fingerprint density at radius 3 is 2.67 bits per heavy atom. The van der Waals surface area contributed by atoms with E-state index in [4.69, 9.17) is 0 Å². The topological polar surface area (TPSA) is 44.3 Å². The van der Waals surface area contributed by atoms with E-state index in [1.54, 1.807) is 0 Å². The third-order valence-electron chi connectivity index (χ3n) is 3.32. The van der Waals surface area contributed by atoms with Crippen LogP contribution in [0.5, 0.6) is 0 Å². The van der Waals surface area contributed by atoms with Crippen molar-refractivity contribution in [3.05, 3.63) is 12.3 Å². The van der Waals surface area contributed by atoms with Crippen LogP contribution in [0.1, 0.15) is 20.3 Å². The molecule has 1 aliphatic rings. The van der Waals surface area contributed by atoms with Crippen molar-refractivity contribution in [1.29, 1.82) is 0 Å². The van der Waals surface area contributed by atoms with Crippen LogP contribution in [0, 0.1) is 0 Å². The molecule has 5 heteroatoms. The van der Waals surface area contributed by atoms with Gasteiger partial charge >= 0.3 is 0 Å². The highest BCUT2D eigenvalue weighted by Crippen LogP contribution is 2.14. The van der Waals surface area contributed by atoms with E-state index in [1.165, 1.54) is 0 Å². The Morgan fingerprint density at radius 1 is 1.22 bits per heavy atom. The Labute approximate surface area is 109 Å². The molecular formula is C13H23N5. The van der Waals surface area contributed by atoms with E-state index >= 15 is 0 Å². The molecule has 100 valence electrons. The highest BCUT2D eigenvalue weighted by Gasteiger charge is 2.16. The molecule has 0 aliphatic carbocycles. The molecule has 0 spiro atoms. The van der Waals surface area contributed by atoms with Gasteiger partial charge in [-0.2, -0.15) is 4.98 Å². The van der Waals surface area contributed by atoms with Gasteiger partial charge < -0.3 is 15.1 Å². The molecule has 0 saturated carbocycles. The van der Waals surface area contributed by atoms with Crippen LogP contribution in [0.25, 0.3) is 0 Å². The molecule has 1 fully saturated rings. The first-order chi connectivity index (χ1) is 8.83. The minimum atomic E-state index is 0.743. The molecular weight excluding hydrogens is 226 g/mol. The lowest BCUT2D eigenvalue weighted by molar-refractivity contribution is 0.270. The molecule has 1 N–H and O–H groups in total. The number of nitrogens with zero attached hydrogens (tertiary/aromatic N) is 4. The summed E-state index contributed by atoms with van der Waals surface area (Å²) in [7, 11) is 0. The van der Waals surface area contributed by atoms with Gasteiger partial charge in [0.25, 0.3) is 0 Å². The van der Waals surface area contributed by atoms with E-state index in [9.17, 15) is 0 Å². The molecule has 1 aromatic rings. The zero-order chi connectivity index (χ0) is 12.8. The predicted octanol–water partition coefficient (Wildman–Crippen LogP) is 1.44. The van der Waals surface area contributed by atoms with Crippen molar-refractivity contribution < 1.29 is 0 Å². The number of anilines is 2. The lowest BCUT2D eigenvalue weighted by atomic mass is 10.3. The first kappa shape index (κ1) is 13.1. The number of piperazine rings is 1. The van der Waals surface area contributed by atoms with Crippen molar-refractivity contribution in [3.63, 3.8) is 0 Å². The maximum absolute atomic E-state index is 4.57. The van der Waals surface area contributed by atoms with E-state index in [0.29, 0.717) is 0 Å². The largest absolute Gasteiger partial charge is 0.354 e. The number of hydrogen-bond donors (Lipinski definition) is 1. The summed E-state index contributed by atoms with van der Waals surface area (Å²) in [6.45, 7) is 10.8. The molecule has 1 aliphatic heterocycles. The quantitative estimate of drug-likeness (QED) is 0.855. The second kappa shape index (κ2) is 6.54. The molecule has 0 aromatic carbocycles. The lowest BCUT2D eigenvalue weighted by Crippen LogP contribution is -2.46. The van der Waals surface area contributed by atoms with Crippen LogP contribution in [0.4, 0.5) is 11.8 Å². The minimum Gasteiger partial charge on any atom is -0.354 e. The maximum Gasteiger partial charge on any atom is 0.224 e. The van der Waals surface area contributed by atoms with Crippen LogP contribution in [-0.4, -0.2) is 54.1 Å². The third-order valence-corrected chi connectivity index (χ3v) is 3.32. The van der Waals surface area contributed by atoms with Crippen molar-refractivity contribution in [2.45, 2.75) is 20.3 Å². The van der Waals surface area contributed by atoms with E-state index in [2.05, 4.69) is 38.9 Å². The summed E-state index contributed by atoms with van der Waals surface area (Å²) < 4.78 is 0. The third kappa shape index (κ3) is 3.32. The van der Waals surface area contributed by atoms with Crippen LogP contribution < -0.4 is 10.2 Å². The van der Waals surface area contributed by atoms with Gasteiger partial charge in [-0.3, -0.25) is 0 Å². The number of aromatic nitrogens is 2. The number of hydrogen-bond acceptors (Lipinski definition) is 5. The van der Waals surface area contributed by atoms with Gasteiger partial charge in [-0.25, -0.2) is 4.98 Å². The van der Waals surface area contributed by atoms with E-state index in [-0.39, 0.29) is 0 Å². The van der Waals surface area contributed by atoms with Gasteiger partial charge in [0.2, 0.25) is 5.95 Å². The first-order valence-electron chi connectivity index (χ1n) is 6.87. The van der Waals surface area contributed by atoms with Gasteiger partial charge in [-0.15, -0.1) is 0 Å². The fraction of sp³-hybridized carbons (Fsp3) is 0.692. The molecule has 0 atom stereocenters. The molecule has 2 heterocycles. The molecule has 0 bridgehead atoms. The Morgan fingerprint density at radius 2 is 2.00 bits per heavy atom. The Hall–Kier alpha value is -1.36. The van der Waals surface area contributed by atoms with Crippen molar-refractivity contribution in [1.82, 2.24) is 14.9 Å². The van der Waals surface area contributed by atoms with Gasteiger partial charge in [-0.05, 0) is 19.0 Å². The zero-order valence-electron chi connectivity index (χ0n) is 11.4. The number of nitrogens with one attached hydrogen (secondary N) is 1. The van der Waals surface area contributed by atoms with Crippen molar-refractivity contribution in [3.8, 4) is 0 Å². The summed E-state index contributed by atoms with van der Waals surface area (Å²) in [5.74, 6) is 1.78. The summed E-state index contributed by atoms with van der Waals surface area (Å²) in [6, 6.07) is 2.00. The van der Waals surface area contributed by atoms with Crippen molar-refractivity contribution in [2.75, 3.05) is 49.5 Å². The normalized spacial score (nSPS) is 16.9. The summed E-state index contributed by atoms with van der Waals surface area (Å²) >= 11 is 0. The summed E-state index contributed by atoms with van der Waals surface area (Å²) in [4.78, 5) is 13.6. The molecule has 0 unspecified atom stereocenters. The molecule has 18 heavy (non-hydrogen) atoms. The average molecular weight is 249 g/mol. The zero-order valence-corrected chi connectivity index (χ0v) is 11.4. The average Bonchev–Trinajstić information content (AvgIpc) is 2.45. The van der Waals surface area contributed by atoms with Gasteiger partial charge in [0, 0.05) is 38.9 Å². The Kier molecular flexibility index (Phi) is 4.75. The van der Waals surface area contributed by atoms with Crippen molar-refractivity contribution in [2.24, 2.45) is 0 Å². The van der Waals surface area contributed by atoms with Gasteiger partial charge in [-0.1, -0.05) is 13.8 Å². The lowest BCUT2D eigenvalue weighted by Gasteiger charge is -2.34. The van der Waals surface area contributed by atoms with E-state index in [0.717, 1.165) is 57.5 Å². The van der Waals surface area contributed by atoms with E-state index in [1.807, 2.05) is 12.3 Å². The first-order valence-corrected chi connectivity index (χ1v) is 6.87. The van der Waals surface area contributed by atoms with Crippen LogP contribution in [0.15, 0.2) is 12.3 Å². The SMILES string of the molecule is CCCNc1nccc(N2CCN(CC)CC2)n1. The summed E-state index contributed by atoms with van der Waals surface area (Å²) in [5.41, 5.74) is 0. The molecule has 1 aromatic heterocycles. The molecule has 1 saturated heterocycles. The highest BCUT2D eigenvalue weighted by molar-refractivity contribution is 5.42. The van der Waals surface area contributed by atoms with Crippen LogP contribution in [-0.2, 0) is 0 Å². The smallest absolute Gasteiger partial charge is 0.224 e. The van der Waals surface area contributed by atoms with Crippen LogP contribution >= 0.6 is 0 Å². The maximum atomic E-state index is 4.57. The highest BCUT2D eigenvalue weighted by atomic mass is 15.3. The molecule has 0 amide bonds. The summed E-state index contributed by atoms with van der Waals surface area (Å²) in [6.07, 6.45) is 2.93. The molecule has 0 radical (unpaired) electrons. The standard InChI is InChI=1S/C13H23N5/c1-3-6-14-13-15-7-5-12(16-13)18-10-8-17(4-2)9-11-18/h5,7H,3-4,6,8-11H2,1-2H3,(H,14,15,16). The fourth-order valence-electron chi connectivity index (χ4n) is 2.14. The summed E-state index contributed by atoms with van der Waals surface area (Å²) in [5, 5.41) is 3.23. The van der Waals surface area contributed by atoms with Crippen LogP contribution in [0.2, 0.25) is 0 Å². The van der Waals surface area contributed by atoms with E-state index < -0.39 is 0 Å². The van der Waals surface area contributed by atoms with Crippen LogP contribution in [0.3, 0.4) is 0 Å². The monoisotopic (exact) mass is 249 g/mol. The minimum absolute atomic E-state index is 0.743. The fourth-order valence-corrected chi connectivity index (χ4v) is 2.14. The Balaban J connectivity index is 1.96. The second-order valence-corrected chi connectivity index (χ2v) is 4.59. The predicted molar refractivity (Wildman–Crippen MR) is 75.1 cm³/mol. The number of likely N-dealkylation sites (N-methyl/N-ethyl adjacent to an activating group) is 1. The van der Waals surface area contributed by atoms with Crippen molar-refractivity contribution >= 4 is 11.8 Å². The molecule has 5 nitrogen and oxygen atoms in total. The second-order valence-electron chi connectivity index (χ2n) is 4.59. The molecule has 2 rings (SSSR count). The Bertz CT molecular complexity index is 360. The van der Waals surface area contributed by atoms with Gasteiger partial charge in [0.1, 0.15) is 5.82 Å². The van der Waals surface area contributed by atoms with Gasteiger partial charge in [0.05, 0.1) is 0 Å².